The lowest BCUT2D eigenvalue weighted by Crippen LogP contribution is -2.41. The van der Waals surface area contributed by atoms with Crippen LogP contribution in [0.4, 0.5) is 8.78 Å². The molecule has 1 aromatic rings. The minimum absolute atomic E-state index is 0.0551. The van der Waals surface area contributed by atoms with E-state index in [1.807, 2.05) is 0 Å². The second kappa shape index (κ2) is 6.52. The van der Waals surface area contributed by atoms with Crippen molar-refractivity contribution in [3.63, 3.8) is 0 Å². The topological polar surface area (TPSA) is 66.8 Å². The van der Waals surface area contributed by atoms with Crippen molar-refractivity contribution in [2.75, 3.05) is 13.2 Å². The standard InChI is InChI=1S/C16H19F2NO4/c1-10(2)14(20)19-9-16(17,18)7-12(19)8-23-13-5-3-11(4-6-13)15(21)22/h3-6,10,12H,7-9H2,1-2H3,(H,21,22)/t12-/m0/s1. The molecule has 1 aromatic carbocycles. The maximum atomic E-state index is 13.6. The van der Waals surface area contributed by atoms with Gasteiger partial charge in [0.1, 0.15) is 12.4 Å². The minimum Gasteiger partial charge on any atom is -0.491 e. The molecule has 0 unspecified atom stereocenters. The molecule has 0 radical (unpaired) electrons. The summed E-state index contributed by atoms with van der Waals surface area (Å²) < 4.78 is 32.7. The number of carboxylic acid groups (broad SMARTS) is 1. The Balaban J connectivity index is 2.02. The molecule has 7 heteroatoms. The number of nitrogens with zero attached hydrogens (tertiary/aromatic N) is 1. The lowest BCUT2D eigenvalue weighted by molar-refractivity contribution is -0.137. The van der Waals surface area contributed by atoms with Crippen molar-refractivity contribution in [1.82, 2.24) is 4.90 Å². The average molecular weight is 327 g/mol. The molecule has 1 amide bonds. The molecule has 0 saturated carbocycles. The average Bonchev–Trinajstić information content (AvgIpc) is 2.79. The number of ether oxygens (including phenoxy) is 1. The number of carbonyl (C=O) groups is 2. The van der Waals surface area contributed by atoms with Gasteiger partial charge in [-0.05, 0) is 24.3 Å². The van der Waals surface area contributed by atoms with E-state index in [-0.39, 0.29) is 24.0 Å². The Morgan fingerprint density at radius 2 is 1.96 bits per heavy atom. The number of aromatic carboxylic acids is 1. The first-order valence-corrected chi connectivity index (χ1v) is 7.34. The number of likely N-dealkylation sites (tertiary alicyclic amines) is 1. The minimum atomic E-state index is -2.91. The van der Waals surface area contributed by atoms with Crippen molar-refractivity contribution in [2.24, 2.45) is 5.92 Å². The van der Waals surface area contributed by atoms with Crippen molar-refractivity contribution < 1.29 is 28.2 Å². The third kappa shape index (κ3) is 4.18. The van der Waals surface area contributed by atoms with E-state index in [2.05, 4.69) is 0 Å². The Labute approximate surface area is 132 Å². The number of hydrogen-bond acceptors (Lipinski definition) is 3. The van der Waals surface area contributed by atoms with Gasteiger partial charge in [-0.1, -0.05) is 13.8 Å². The van der Waals surface area contributed by atoms with Gasteiger partial charge in [0.05, 0.1) is 18.2 Å². The second-order valence-electron chi connectivity index (χ2n) is 5.98. The molecule has 23 heavy (non-hydrogen) atoms. The zero-order valence-electron chi connectivity index (χ0n) is 13.0. The first-order chi connectivity index (χ1) is 10.7. The second-order valence-corrected chi connectivity index (χ2v) is 5.98. The van der Waals surface area contributed by atoms with Gasteiger partial charge in [-0.2, -0.15) is 0 Å². The van der Waals surface area contributed by atoms with Crippen LogP contribution >= 0.6 is 0 Å². The number of carboxylic acids is 1. The predicted molar refractivity (Wildman–Crippen MR) is 78.8 cm³/mol. The molecule has 1 N–H and O–H groups in total. The molecule has 0 aliphatic carbocycles. The van der Waals surface area contributed by atoms with E-state index in [0.29, 0.717) is 5.75 Å². The molecule has 1 fully saturated rings. The van der Waals surface area contributed by atoms with Crippen molar-refractivity contribution in [3.05, 3.63) is 29.8 Å². The van der Waals surface area contributed by atoms with Crippen LogP contribution in [0.5, 0.6) is 5.75 Å². The van der Waals surface area contributed by atoms with Crippen LogP contribution in [-0.4, -0.2) is 47.0 Å². The molecule has 0 spiro atoms. The lowest BCUT2D eigenvalue weighted by atomic mass is 10.1. The van der Waals surface area contributed by atoms with Crippen LogP contribution < -0.4 is 4.74 Å². The maximum Gasteiger partial charge on any atom is 0.335 e. The Kier molecular flexibility index (Phi) is 4.87. The van der Waals surface area contributed by atoms with E-state index in [0.717, 1.165) is 0 Å². The van der Waals surface area contributed by atoms with Crippen molar-refractivity contribution in [1.29, 1.82) is 0 Å². The molecule has 0 bridgehead atoms. The smallest absolute Gasteiger partial charge is 0.335 e. The molecule has 126 valence electrons. The number of alkyl halides is 2. The van der Waals surface area contributed by atoms with Gasteiger partial charge in [0.15, 0.2) is 0 Å². The van der Waals surface area contributed by atoms with E-state index >= 15 is 0 Å². The Morgan fingerprint density at radius 3 is 2.48 bits per heavy atom. The van der Waals surface area contributed by atoms with Crippen molar-refractivity contribution in [3.8, 4) is 5.75 Å². The lowest BCUT2D eigenvalue weighted by Gasteiger charge is -2.25. The summed E-state index contributed by atoms with van der Waals surface area (Å²) in [5, 5.41) is 8.82. The number of amides is 1. The zero-order chi connectivity index (χ0) is 17.2. The maximum absolute atomic E-state index is 13.6. The molecule has 1 atom stereocenters. The molecule has 5 nitrogen and oxygen atoms in total. The highest BCUT2D eigenvalue weighted by atomic mass is 19.3. The van der Waals surface area contributed by atoms with E-state index in [9.17, 15) is 18.4 Å². The van der Waals surface area contributed by atoms with E-state index in [1.54, 1.807) is 13.8 Å². The number of carbonyl (C=O) groups excluding carboxylic acids is 1. The fraction of sp³-hybridized carbons (Fsp3) is 0.500. The van der Waals surface area contributed by atoms with Crippen molar-refractivity contribution in [2.45, 2.75) is 32.2 Å². The Hall–Kier alpha value is -2.18. The summed E-state index contributed by atoms with van der Waals surface area (Å²) in [6, 6.07) is 4.98. The molecule has 2 rings (SSSR count). The van der Waals surface area contributed by atoms with Gasteiger partial charge in [0.2, 0.25) is 5.91 Å². The summed E-state index contributed by atoms with van der Waals surface area (Å²) >= 11 is 0. The predicted octanol–water partition coefficient (Wildman–Crippen LogP) is 2.66. The van der Waals surface area contributed by atoms with E-state index in [1.165, 1.54) is 29.2 Å². The number of halogens is 2. The monoisotopic (exact) mass is 327 g/mol. The first kappa shape index (κ1) is 17.2. The Bertz CT molecular complexity index is 586. The fourth-order valence-electron chi connectivity index (χ4n) is 2.52. The Morgan fingerprint density at radius 1 is 1.35 bits per heavy atom. The quantitative estimate of drug-likeness (QED) is 0.903. The van der Waals surface area contributed by atoms with Gasteiger partial charge >= 0.3 is 5.97 Å². The van der Waals surface area contributed by atoms with Gasteiger partial charge in [0.25, 0.3) is 5.92 Å². The molecular weight excluding hydrogens is 308 g/mol. The summed E-state index contributed by atoms with van der Waals surface area (Å²) in [6.45, 7) is 2.69. The summed E-state index contributed by atoms with van der Waals surface area (Å²) in [6.07, 6.45) is -0.432. The summed E-state index contributed by atoms with van der Waals surface area (Å²) in [7, 11) is 0. The number of rotatable bonds is 5. The van der Waals surface area contributed by atoms with Gasteiger partial charge < -0.3 is 14.7 Å². The van der Waals surface area contributed by atoms with Crippen molar-refractivity contribution >= 4 is 11.9 Å². The van der Waals surface area contributed by atoms with Crippen LogP contribution in [0.1, 0.15) is 30.6 Å². The van der Waals surface area contributed by atoms with Crippen LogP contribution in [-0.2, 0) is 4.79 Å². The number of hydrogen-bond donors (Lipinski definition) is 1. The zero-order valence-corrected chi connectivity index (χ0v) is 13.0. The highest BCUT2D eigenvalue weighted by Gasteiger charge is 2.47. The van der Waals surface area contributed by atoms with Crippen LogP contribution in [0.15, 0.2) is 24.3 Å². The SMILES string of the molecule is CC(C)C(=O)N1CC(F)(F)C[C@H]1COc1ccc(C(=O)O)cc1. The molecule has 0 aromatic heterocycles. The van der Waals surface area contributed by atoms with Crippen LogP contribution in [0, 0.1) is 5.92 Å². The van der Waals surface area contributed by atoms with Gasteiger partial charge in [-0.25, -0.2) is 13.6 Å². The van der Waals surface area contributed by atoms with Gasteiger partial charge in [-0.3, -0.25) is 4.79 Å². The molecule has 1 aliphatic rings. The summed E-state index contributed by atoms with van der Waals surface area (Å²) in [5.41, 5.74) is 0.112. The van der Waals surface area contributed by atoms with Crippen LogP contribution in [0.3, 0.4) is 0 Å². The highest BCUT2D eigenvalue weighted by Crippen LogP contribution is 2.33. The third-order valence-corrected chi connectivity index (χ3v) is 3.70. The van der Waals surface area contributed by atoms with Gasteiger partial charge in [0, 0.05) is 12.3 Å². The normalized spacial score (nSPS) is 19.9. The summed E-state index contributed by atoms with van der Waals surface area (Å²) in [5.74, 6) is -4.27. The highest BCUT2D eigenvalue weighted by molar-refractivity contribution is 5.87. The molecule has 1 aliphatic heterocycles. The molecule has 1 saturated heterocycles. The summed E-state index contributed by atoms with van der Waals surface area (Å²) in [4.78, 5) is 24.0. The number of benzene rings is 1. The van der Waals surface area contributed by atoms with Gasteiger partial charge in [-0.15, -0.1) is 0 Å². The fourth-order valence-corrected chi connectivity index (χ4v) is 2.52. The van der Waals surface area contributed by atoms with E-state index in [4.69, 9.17) is 9.84 Å². The van der Waals surface area contributed by atoms with E-state index < -0.39 is 30.9 Å². The molecular formula is C16H19F2NO4. The van der Waals surface area contributed by atoms with Crippen LogP contribution in [0.25, 0.3) is 0 Å². The largest absolute Gasteiger partial charge is 0.491 e. The first-order valence-electron chi connectivity index (χ1n) is 7.34. The molecule has 1 heterocycles. The van der Waals surface area contributed by atoms with Crippen LogP contribution in [0.2, 0.25) is 0 Å². The third-order valence-electron chi connectivity index (χ3n) is 3.70.